The molecular formula is C13H13N3O3S. The van der Waals surface area contributed by atoms with Crippen molar-refractivity contribution >= 4 is 28.9 Å². The number of benzene rings is 1. The van der Waals surface area contributed by atoms with Crippen LogP contribution < -0.4 is 11.1 Å². The summed E-state index contributed by atoms with van der Waals surface area (Å²) in [5.74, 6) is -1.34. The number of amides is 1. The third-order valence-electron chi connectivity index (χ3n) is 2.67. The molecule has 0 aliphatic carbocycles. The van der Waals surface area contributed by atoms with E-state index in [0.29, 0.717) is 28.5 Å². The Balaban J connectivity index is 2.15. The van der Waals surface area contributed by atoms with Crippen LogP contribution in [0.25, 0.3) is 0 Å². The van der Waals surface area contributed by atoms with Crippen molar-refractivity contribution in [1.29, 1.82) is 0 Å². The molecule has 1 heterocycles. The van der Waals surface area contributed by atoms with Gasteiger partial charge in [0.25, 0.3) is 5.91 Å². The van der Waals surface area contributed by atoms with Gasteiger partial charge in [0.1, 0.15) is 10.7 Å². The normalized spacial score (nSPS) is 10.3. The number of anilines is 1. The minimum Gasteiger partial charge on any atom is -0.478 e. The van der Waals surface area contributed by atoms with Crippen LogP contribution in [0.5, 0.6) is 0 Å². The molecule has 7 heteroatoms. The molecule has 0 unspecified atom stereocenters. The standard InChI is InChI=1S/C13H13N3O3S/c1-7-4-8(2-3-9(7)13(18)19)15-12(17)10-6-20-11(5-14)16-10/h2-4,6H,5,14H2,1H3,(H,15,17)(H,18,19). The van der Waals surface area contributed by atoms with Crippen LogP contribution in [0.15, 0.2) is 23.6 Å². The number of hydrogen-bond donors (Lipinski definition) is 3. The smallest absolute Gasteiger partial charge is 0.335 e. The van der Waals surface area contributed by atoms with E-state index in [0.717, 1.165) is 0 Å². The van der Waals surface area contributed by atoms with Crippen molar-refractivity contribution < 1.29 is 14.7 Å². The number of hydrogen-bond acceptors (Lipinski definition) is 5. The van der Waals surface area contributed by atoms with Gasteiger partial charge in [0.15, 0.2) is 0 Å². The maximum atomic E-state index is 11.9. The first kappa shape index (κ1) is 14.2. The quantitative estimate of drug-likeness (QED) is 0.797. The van der Waals surface area contributed by atoms with Crippen molar-refractivity contribution in [1.82, 2.24) is 4.98 Å². The highest BCUT2D eigenvalue weighted by molar-refractivity contribution is 7.09. The second-order valence-corrected chi connectivity index (χ2v) is 5.06. The fourth-order valence-electron chi connectivity index (χ4n) is 1.69. The molecule has 1 aromatic heterocycles. The largest absolute Gasteiger partial charge is 0.478 e. The highest BCUT2D eigenvalue weighted by Gasteiger charge is 2.12. The summed E-state index contributed by atoms with van der Waals surface area (Å²) in [5.41, 5.74) is 7.06. The first-order chi connectivity index (χ1) is 9.51. The summed E-state index contributed by atoms with van der Waals surface area (Å²) in [7, 11) is 0. The lowest BCUT2D eigenvalue weighted by Gasteiger charge is -2.06. The molecule has 0 saturated heterocycles. The van der Waals surface area contributed by atoms with E-state index in [1.807, 2.05) is 0 Å². The summed E-state index contributed by atoms with van der Waals surface area (Å²) in [4.78, 5) is 26.9. The SMILES string of the molecule is Cc1cc(NC(=O)c2csc(CN)n2)ccc1C(=O)O. The van der Waals surface area contributed by atoms with Crippen LogP contribution in [0.2, 0.25) is 0 Å². The summed E-state index contributed by atoms with van der Waals surface area (Å²) < 4.78 is 0. The molecule has 2 aromatic rings. The number of aryl methyl sites for hydroxylation is 1. The topological polar surface area (TPSA) is 105 Å². The lowest BCUT2D eigenvalue weighted by Crippen LogP contribution is -2.13. The first-order valence-corrected chi connectivity index (χ1v) is 6.69. The fourth-order valence-corrected chi connectivity index (χ4v) is 2.34. The van der Waals surface area contributed by atoms with E-state index >= 15 is 0 Å². The Bertz CT molecular complexity index is 667. The number of rotatable bonds is 4. The van der Waals surface area contributed by atoms with Gasteiger partial charge in [-0.3, -0.25) is 4.79 Å². The van der Waals surface area contributed by atoms with E-state index in [1.54, 1.807) is 24.4 Å². The summed E-state index contributed by atoms with van der Waals surface area (Å²) in [6, 6.07) is 4.61. The molecule has 0 fully saturated rings. The van der Waals surface area contributed by atoms with Crippen molar-refractivity contribution in [3.63, 3.8) is 0 Å². The Labute approximate surface area is 119 Å². The van der Waals surface area contributed by atoms with Gasteiger partial charge >= 0.3 is 5.97 Å². The minimum atomic E-state index is -0.993. The maximum absolute atomic E-state index is 11.9. The van der Waals surface area contributed by atoms with Gasteiger partial charge in [-0.1, -0.05) is 0 Å². The Morgan fingerprint density at radius 3 is 2.75 bits per heavy atom. The van der Waals surface area contributed by atoms with Crippen LogP contribution in [-0.2, 0) is 6.54 Å². The van der Waals surface area contributed by atoms with Gasteiger partial charge in [0.05, 0.1) is 5.56 Å². The summed E-state index contributed by atoms with van der Waals surface area (Å²) in [6.07, 6.45) is 0. The predicted molar refractivity (Wildman–Crippen MR) is 76.1 cm³/mol. The number of carboxylic acids is 1. The number of nitrogens with one attached hydrogen (secondary N) is 1. The van der Waals surface area contributed by atoms with Crippen LogP contribution in [0.4, 0.5) is 5.69 Å². The summed E-state index contributed by atoms with van der Waals surface area (Å²) in [5, 5.41) is 13.9. The molecule has 2 rings (SSSR count). The van der Waals surface area contributed by atoms with Gasteiger partial charge in [0, 0.05) is 17.6 Å². The van der Waals surface area contributed by atoms with Gasteiger partial charge in [0.2, 0.25) is 0 Å². The fraction of sp³-hybridized carbons (Fsp3) is 0.154. The molecule has 1 aromatic carbocycles. The monoisotopic (exact) mass is 291 g/mol. The van der Waals surface area contributed by atoms with Crippen LogP contribution in [0.3, 0.4) is 0 Å². The molecule has 0 spiro atoms. The first-order valence-electron chi connectivity index (χ1n) is 5.81. The van der Waals surface area contributed by atoms with Crippen molar-refractivity contribution in [3.8, 4) is 0 Å². The minimum absolute atomic E-state index is 0.210. The van der Waals surface area contributed by atoms with Crippen molar-refractivity contribution in [3.05, 3.63) is 45.4 Å². The lowest BCUT2D eigenvalue weighted by molar-refractivity contribution is 0.0696. The van der Waals surface area contributed by atoms with Crippen LogP contribution in [0, 0.1) is 6.92 Å². The van der Waals surface area contributed by atoms with E-state index in [4.69, 9.17) is 10.8 Å². The third-order valence-corrected chi connectivity index (χ3v) is 3.54. The number of aromatic nitrogens is 1. The number of thiazole rings is 1. The van der Waals surface area contributed by atoms with E-state index in [-0.39, 0.29) is 11.5 Å². The number of nitrogens with zero attached hydrogens (tertiary/aromatic N) is 1. The second kappa shape index (κ2) is 5.81. The van der Waals surface area contributed by atoms with E-state index < -0.39 is 5.97 Å². The Morgan fingerprint density at radius 2 is 2.20 bits per heavy atom. The highest BCUT2D eigenvalue weighted by atomic mass is 32.1. The molecule has 0 aliphatic heterocycles. The van der Waals surface area contributed by atoms with Crippen molar-refractivity contribution in [2.75, 3.05) is 5.32 Å². The Hall–Kier alpha value is -2.25. The lowest BCUT2D eigenvalue weighted by atomic mass is 10.1. The molecule has 6 nitrogen and oxygen atoms in total. The molecule has 104 valence electrons. The zero-order valence-corrected chi connectivity index (χ0v) is 11.5. The zero-order valence-electron chi connectivity index (χ0n) is 10.7. The molecule has 0 radical (unpaired) electrons. The molecule has 0 atom stereocenters. The number of nitrogens with two attached hydrogens (primary N) is 1. The van der Waals surface area contributed by atoms with Gasteiger partial charge in [-0.25, -0.2) is 9.78 Å². The number of aromatic carboxylic acids is 1. The number of carbonyl (C=O) groups excluding carboxylic acids is 1. The molecule has 20 heavy (non-hydrogen) atoms. The third kappa shape index (κ3) is 3.01. The van der Waals surface area contributed by atoms with E-state index in [1.165, 1.54) is 17.4 Å². The van der Waals surface area contributed by atoms with Crippen LogP contribution in [0.1, 0.15) is 31.4 Å². The van der Waals surface area contributed by atoms with Gasteiger partial charge in [-0.15, -0.1) is 11.3 Å². The molecular weight excluding hydrogens is 278 g/mol. The Morgan fingerprint density at radius 1 is 1.45 bits per heavy atom. The average molecular weight is 291 g/mol. The second-order valence-electron chi connectivity index (χ2n) is 4.12. The average Bonchev–Trinajstić information content (AvgIpc) is 2.87. The molecule has 1 amide bonds. The van der Waals surface area contributed by atoms with Crippen molar-refractivity contribution in [2.24, 2.45) is 5.73 Å². The summed E-state index contributed by atoms with van der Waals surface area (Å²) >= 11 is 1.32. The Kier molecular flexibility index (Phi) is 4.11. The van der Waals surface area contributed by atoms with Crippen molar-refractivity contribution in [2.45, 2.75) is 13.5 Å². The van der Waals surface area contributed by atoms with Crippen LogP contribution in [-0.4, -0.2) is 22.0 Å². The molecule has 0 aliphatic rings. The maximum Gasteiger partial charge on any atom is 0.335 e. The highest BCUT2D eigenvalue weighted by Crippen LogP contribution is 2.17. The predicted octanol–water partition coefficient (Wildman–Crippen LogP) is 1.86. The molecule has 4 N–H and O–H groups in total. The van der Waals surface area contributed by atoms with E-state index in [2.05, 4.69) is 10.3 Å². The molecule has 0 saturated carbocycles. The van der Waals surface area contributed by atoms with Gasteiger partial charge in [-0.05, 0) is 30.7 Å². The van der Waals surface area contributed by atoms with E-state index in [9.17, 15) is 9.59 Å². The van der Waals surface area contributed by atoms with Gasteiger partial charge < -0.3 is 16.2 Å². The van der Waals surface area contributed by atoms with Gasteiger partial charge in [-0.2, -0.15) is 0 Å². The molecule has 0 bridgehead atoms. The number of carboxylic acid groups (broad SMARTS) is 1. The number of carbonyl (C=O) groups is 2. The summed E-state index contributed by atoms with van der Waals surface area (Å²) in [6.45, 7) is 1.97. The zero-order chi connectivity index (χ0) is 14.7. The van der Waals surface area contributed by atoms with Crippen LogP contribution >= 0.6 is 11.3 Å².